The maximum absolute atomic E-state index is 14.0. The van der Waals surface area contributed by atoms with Gasteiger partial charge in [0.25, 0.3) is 5.91 Å². The standard InChI is InChI=1S/C18H15F2NO4/c1-24-18(23)16(12-9-11(19)6-7-13(12)20)21-17(22)15-8-10-4-2-3-5-14(10)25-15/h2-7,9,15-16H,8H2,1H3,(H,21,22)/t15-,16-/m0/s1. The molecule has 0 saturated carbocycles. The first-order valence-corrected chi connectivity index (χ1v) is 7.57. The van der Waals surface area contributed by atoms with Crippen LogP contribution in [0, 0.1) is 11.6 Å². The van der Waals surface area contributed by atoms with E-state index in [9.17, 15) is 18.4 Å². The molecule has 25 heavy (non-hydrogen) atoms. The third-order valence-electron chi connectivity index (χ3n) is 3.93. The lowest BCUT2D eigenvalue weighted by atomic mass is 10.0. The second kappa shape index (κ2) is 6.88. The van der Waals surface area contributed by atoms with Gasteiger partial charge in [0.15, 0.2) is 12.1 Å². The minimum Gasteiger partial charge on any atom is -0.480 e. The molecule has 0 fully saturated rings. The van der Waals surface area contributed by atoms with Crippen molar-refractivity contribution in [1.82, 2.24) is 5.32 Å². The molecule has 1 N–H and O–H groups in total. The van der Waals surface area contributed by atoms with E-state index in [2.05, 4.69) is 10.1 Å². The van der Waals surface area contributed by atoms with Crippen molar-refractivity contribution in [3.05, 3.63) is 65.2 Å². The Bertz CT molecular complexity index is 799. The Morgan fingerprint density at radius 3 is 2.72 bits per heavy atom. The highest BCUT2D eigenvalue weighted by Crippen LogP contribution is 2.29. The van der Waals surface area contributed by atoms with Crippen LogP contribution >= 0.6 is 0 Å². The molecule has 0 saturated heterocycles. The van der Waals surface area contributed by atoms with Gasteiger partial charge in [-0.1, -0.05) is 18.2 Å². The Kier molecular flexibility index (Phi) is 4.65. The van der Waals surface area contributed by atoms with Crippen molar-refractivity contribution in [2.45, 2.75) is 18.6 Å². The summed E-state index contributed by atoms with van der Waals surface area (Å²) in [5, 5.41) is 2.38. The number of hydrogen-bond donors (Lipinski definition) is 1. The minimum absolute atomic E-state index is 0.310. The van der Waals surface area contributed by atoms with Crippen molar-refractivity contribution >= 4 is 11.9 Å². The molecule has 1 aliphatic rings. The van der Waals surface area contributed by atoms with Gasteiger partial charge in [-0.3, -0.25) is 4.79 Å². The van der Waals surface area contributed by atoms with Crippen LogP contribution in [0.15, 0.2) is 42.5 Å². The summed E-state index contributed by atoms with van der Waals surface area (Å²) >= 11 is 0. The van der Waals surface area contributed by atoms with Crippen LogP contribution < -0.4 is 10.1 Å². The number of esters is 1. The van der Waals surface area contributed by atoms with Gasteiger partial charge in [-0.25, -0.2) is 13.6 Å². The lowest BCUT2D eigenvalue weighted by Gasteiger charge is -2.19. The van der Waals surface area contributed by atoms with E-state index in [1.165, 1.54) is 0 Å². The van der Waals surface area contributed by atoms with Crippen molar-refractivity contribution in [3.63, 3.8) is 0 Å². The highest BCUT2D eigenvalue weighted by Gasteiger charge is 2.33. The number of amides is 1. The fourth-order valence-electron chi connectivity index (χ4n) is 2.68. The van der Waals surface area contributed by atoms with E-state index in [0.29, 0.717) is 12.2 Å². The fourth-order valence-corrected chi connectivity index (χ4v) is 2.68. The summed E-state index contributed by atoms with van der Waals surface area (Å²) in [6.45, 7) is 0. The van der Waals surface area contributed by atoms with Gasteiger partial charge >= 0.3 is 5.97 Å². The highest BCUT2D eigenvalue weighted by molar-refractivity contribution is 5.88. The fraction of sp³-hybridized carbons (Fsp3) is 0.222. The number of halogens is 2. The minimum atomic E-state index is -1.47. The van der Waals surface area contributed by atoms with Gasteiger partial charge in [-0.2, -0.15) is 0 Å². The number of benzene rings is 2. The predicted octanol–water partition coefficient (Wildman–Crippen LogP) is 2.30. The molecule has 1 amide bonds. The Hall–Kier alpha value is -2.96. The zero-order valence-electron chi connectivity index (χ0n) is 13.3. The zero-order chi connectivity index (χ0) is 18.0. The molecule has 0 aromatic heterocycles. The summed E-state index contributed by atoms with van der Waals surface area (Å²) in [5.41, 5.74) is 0.546. The van der Waals surface area contributed by atoms with Gasteiger partial charge in [-0.05, 0) is 29.8 Å². The molecule has 130 valence electrons. The summed E-state index contributed by atoms with van der Waals surface area (Å²) in [5.74, 6) is -2.50. The Morgan fingerprint density at radius 1 is 1.24 bits per heavy atom. The molecule has 2 aromatic rings. The van der Waals surface area contributed by atoms with E-state index >= 15 is 0 Å². The largest absolute Gasteiger partial charge is 0.480 e. The molecule has 5 nitrogen and oxygen atoms in total. The second-order valence-electron chi connectivity index (χ2n) is 5.55. The van der Waals surface area contributed by atoms with E-state index in [-0.39, 0.29) is 5.56 Å². The number of ether oxygens (including phenoxy) is 2. The maximum Gasteiger partial charge on any atom is 0.333 e. The van der Waals surface area contributed by atoms with E-state index in [0.717, 1.165) is 30.9 Å². The lowest BCUT2D eigenvalue weighted by Crippen LogP contribution is -2.42. The van der Waals surface area contributed by atoms with Crippen LogP contribution in [0.3, 0.4) is 0 Å². The average Bonchev–Trinajstić information content (AvgIpc) is 3.05. The number of rotatable bonds is 4. The summed E-state index contributed by atoms with van der Waals surface area (Å²) < 4.78 is 37.6. The number of carbonyl (C=O) groups is 2. The van der Waals surface area contributed by atoms with Crippen molar-refractivity contribution in [2.75, 3.05) is 7.11 Å². The van der Waals surface area contributed by atoms with Crippen LogP contribution in [0.4, 0.5) is 8.78 Å². The molecule has 2 aromatic carbocycles. The van der Waals surface area contributed by atoms with Gasteiger partial charge in [0.1, 0.15) is 17.4 Å². The maximum atomic E-state index is 14.0. The van der Waals surface area contributed by atoms with Gasteiger partial charge in [-0.15, -0.1) is 0 Å². The van der Waals surface area contributed by atoms with Crippen molar-refractivity contribution < 1.29 is 27.8 Å². The van der Waals surface area contributed by atoms with E-state index < -0.39 is 35.7 Å². The normalized spacial score (nSPS) is 16.5. The van der Waals surface area contributed by atoms with E-state index in [4.69, 9.17) is 4.74 Å². The molecule has 1 heterocycles. The van der Waals surface area contributed by atoms with Crippen LogP contribution in [0.1, 0.15) is 17.2 Å². The molecule has 2 atom stereocenters. The first-order valence-electron chi connectivity index (χ1n) is 7.57. The molecule has 1 aliphatic heterocycles. The van der Waals surface area contributed by atoms with Gasteiger partial charge in [0, 0.05) is 12.0 Å². The second-order valence-corrected chi connectivity index (χ2v) is 5.55. The number of para-hydroxylation sites is 1. The summed E-state index contributed by atoms with van der Waals surface area (Å²) in [4.78, 5) is 24.4. The summed E-state index contributed by atoms with van der Waals surface area (Å²) in [6, 6.07) is 8.34. The zero-order valence-corrected chi connectivity index (χ0v) is 13.3. The van der Waals surface area contributed by atoms with Crippen molar-refractivity contribution in [3.8, 4) is 5.75 Å². The monoisotopic (exact) mass is 347 g/mol. The molecule has 7 heteroatoms. The quantitative estimate of drug-likeness (QED) is 0.862. The van der Waals surface area contributed by atoms with Gasteiger partial charge in [0.05, 0.1) is 7.11 Å². The van der Waals surface area contributed by atoms with E-state index in [1.54, 1.807) is 12.1 Å². The van der Waals surface area contributed by atoms with Crippen LogP contribution in [0.25, 0.3) is 0 Å². The van der Waals surface area contributed by atoms with Gasteiger partial charge in [0.2, 0.25) is 0 Å². The van der Waals surface area contributed by atoms with Crippen LogP contribution in [-0.2, 0) is 20.7 Å². The predicted molar refractivity (Wildman–Crippen MR) is 83.8 cm³/mol. The molecule has 0 aliphatic carbocycles. The van der Waals surface area contributed by atoms with Crippen LogP contribution in [0.2, 0.25) is 0 Å². The molecule has 0 radical (unpaired) electrons. The number of methoxy groups -OCH3 is 1. The molecular formula is C18H15F2NO4. The number of fused-ring (bicyclic) bond motifs is 1. The molecule has 0 bridgehead atoms. The Morgan fingerprint density at radius 2 is 2.00 bits per heavy atom. The van der Waals surface area contributed by atoms with E-state index in [1.807, 2.05) is 12.1 Å². The van der Waals surface area contributed by atoms with Crippen LogP contribution in [0.5, 0.6) is 5.75 Å². The number of carbonyl (C=O) groups excluding carboxylic acids is 2. The summed E-state index contributed by atoms with van der Waals surface area (Å²) in [6.07, 6.45) is -0.539. The molecule has 0 spiro atoms. The van der Waals surface area contributed by atoms with Crippen molar-refractivity contribution in [1.29, 1.82) is 0 Å². The SMILES string of the molecule is COC(=O)[C@@H](NC(=O)[C@@H]1Cc2ccccc2O1)c1cc(F)ccc1F. The average molecular weight is 347 g/mol. The van der Waals surface area contributed by atoms with Crippen molar-refractivity contribution in [2.24, 2.45) is 0 Å². The number of nitrogens with one attached hydrogen (secondary N) is 1. The third-order valence-corrected chi connectivity index (χ3v) is 3.93. The Labute approximate surface area is 142 Å². The third kappa shape index (κ3) is 3.45. The summed E-state index contributed by atoms with van der Waals surface area (Å²) in [7, 11) is 1.10. The first-order chi connectivity index (χ1) is 12.0. The molecule has 0 unspecified atom stereocenters. The van der Waals surface area contributed by atoms with Gasteiger partial charge < -0.3 is 14.8 Å². The molecule has 3 rings (SSSR count). The molecular weight excluding hydrogens is 332 g/mol. The number of hydrogen-bond acceptors (Lipinski definition) is 4. The van der Waals surface area contributed by atoms with Crippen LogP contribution in [-0.4, -0.2) is 25.1 Å². The first kappa shape index (κ1) is 16.9. The topological polar surface area (TPSA) is 64.6 Å². The smallest absolute Gasteiger partial charge is 0.333 e. The highest BCUT2D eigenvalue weighted by atomic mass is 19.1. The lowest BCUT2D eigenvalue weighted by molar-refractivity contribution is -0.146. The Balaban J connectivity index is 1.81.